The lowest BCUT2D eigenvalue weighted by molar-refractivity contribution is -0.113. The first-order valence-electron chi connectivity index (χ1n) is 6.23. The van der Waals surface area contributed by atoms with E-state index in [9.17, 15) is 4.79 Å². The fraction of sp³-hybridized carbons (Fsp3) is 0.308. The number of halogens is 1. The predicted octanol–water partition coefficient (Wildman–Crippen LogP) is 4.45. The van der Waals surface area contributed by atoms with E-state index in [1.807, 2.05) is 25.1 Å². The molecule has 1 N–H and O–H groups in total. The molecule has 0 unspecified atom stereocenters. The van der Waals surface area contributed by atoms with Gasteiger partial charge in [0.25, 0.3) is 0 Å². The van der Waals surface area contributed by atoms with E-state index in [0.717, 1.165) is 30.2 Å². The third kappa shape index (κ3) is 5.28. The summed E-state index contributed by atoms with van der Waals surface area (Å²) in [6, 6.07) is 5.78. The molecule has 0 saturated heterocycles. The van der Waals surface area contributed by atoms with Crippen molar-refractivity contribution in [1.82, 2.24) is 10.2 Å². The van der Waals surface area contributed by atoms with E-state index < -0.39 is 0 Å². The topological polar surface area (TPSA) is 54.9 Å². The first-order chi connectivity index (χ1) is 10.1. The molecule has 0 aliphatic rings. The van der Waals surface area contributed by atoms with Gasteiger partial charge in [-0.25, -0.2) is 0 Å². The standard InChI is InChI=1S/C13H14BrN3OS3/c1-3-19-12-16-17-13(21-12)20-7-11(18)15-10-5-4-9(14)6-8(10)2/h4-6H,3,7H2,1-2H3,(H,15,18). The normalized spacial score (nSPS) is 10.6. The molecule has 0 aliphatic heterocycles. The number of nitrogens with one attached hydrogen (secondary N) is 1. The van der Waals surface area contributed by atoms with Gasteiger partial charge >= 0.3 is 0 Å². The average Bonchev–Trinajstić information content (AvgIpc) is 2.88. The number of rotatable bonds is 6. The van der Waals surface area contributed by atoms with Crippen LogP contribution in [0.1, 0.15) is 12.5 Å². The highest BCUT2D eigenvalue weighted by Crippen LogP contribution is 2.28. The molecule has 0 fully saturated rings. The molecule has 21 heavy (non-hydrogen) atoms. The molecule has 1 aromatic heterocycles. The van der Waals surface area contributed by atoms with E-state index in [1.165, 1.54) is 23.1 Å². The number of aromatic nitrogens is 2. The van der Waals surface area contributed by atoms with Crippen molar-refractivity contribution < 1.29 is 4.79 Å². The van der Waals surface area contributed by atoms with Gasteiger partial charge in [-0.1, -0.05) is 57.7 Å². The smallest absolute Gasteiger partial charge is 0.234 e. The van der Waals surface area contributed by atoms with Crippen LogP contribution >= 0.6 is 50.8 Å². The van der Waals surface area contributed by atoms with Crippen LogP contribution in [0, 0.1) is 6.92 Å². The van der Waals surface area contributed by atoms with E-state index in [0.29, 0.717) is 5.75 Å². The Labute approximate surface area is 144 Å². The van der Waals surface area contributed by atoms with Crippen molar-refractivity contribution in [3.05, 3.63) is 28.2 Å². The molecule has 2 aromatic rings. The van der Waals surface area contributed by atoms with E-state index in [2.05, 4.69) is 38.4 Å². The van der Waals surface area contributed by atoms with E-state index in [1.54, 1.807) is 11.8 Å². The number of hydrogen-bond donors (Lipinski definition) is 1. The predicted molar refractivity (Wildman–Crippen MR) is 94.5 cm³/mol. The zero-order chi connectivity index (χ0) is 15.2. The summed E-state index contributed by atoms with van der Waals surface area (Å²) in [5.74, 6) is 1.27. The van der Waals surface area contributed by atoms with Crippen LogP contribution in [0.2, 0.25) is 0 Å². The summed E-state index contributed by atoms with van der Waals surface area (Å²) in [5.41, 5.74) is 1.86. The van der Waals surface area contributed by atoms with Crippen LogP contribution < -0.4 is 5.32 Å². The maximum Gasteiger partial charge on any atom is 0.234 e. The Morgan fingerprint density at radius 2 is 2.05 bits per heavy atom. The number of aryl methyl sites for hydroxylation is 1. The molecule has 0 radical (unpaired) electrons. The number of amides is 1. The molecule has 0 saturated carbocycles. The minimum Gasteiger partial charge on any atom is -0.325 e. The van der Waals surface area contributed by atoms with Gasteiger partial charge in [0, 0.05) is 10.2 Å². The van der Waals surface area contributed by atoms with Crippen LogP contribution in [-0.2, 0) is 4.79 Å². The fourth-order valence-electron chi connectivity index (χ4n) is 1.52. The Morgan fingerprint density at radius 1 is 1.33 bits per heavy atom. The molecule has 112 valence electrons. The SMILES string of the molecule is CCSc1nnc(SCC(=O)Nc2ccc(Br)cc2C)s1. The van der Waals surface area contributed by atoms with Crippen molar-refractivity contribution in [3.63, 3.8) is 0 Å². The maximum atomic E-state index is 12.0. The van der Waals surface area contributed by atoms with Crippen LogP contribution in [0.15, 0.2) is 31.4 Å². The van der Waals surface area contributed by atoms with Gasteiger partial charge in [-0.3, -0.25) is 4.79 Å². The zero-order valence-corrected chi connectivity index (χ0v) is 15.6. The molecule has 0 atom stereocenters. The van der Waals surface area contributed by atoms with Crippen molar-refractivity contribution >= 4 is 62.4 Å². The van der Waals surface area contributed by atoms with Gasteiger partial charge in [-0.15, -0.1) is 10.2 Å². The first-order valence-corrected chi connectivity index (χ1v) is 9.81. The van der Waals surface area contributed by atoms with Crippen LogP contribution in [-0.4, -0.2) is 27.6 Å². The molecule has 0 bridgehead atoms. The Hall–Kier alpha value is -0.570. The van der Waals surface area contributed by atoms with E-state index >= 15 is 0 Å². The Kier molecular flexibility index (Phi) is 6.53. The van der Waals surface area contributed by atoms with Crippen LogP contribution in [0.25, 0.3) is 0 Å². The van der Waals surface area contributed by atoms with Gasteiger partial charge in [0.05, 0.1) is 5.75 Å². The zero-order valence-electron chi connectivity index (χ0n) is 11.6. The fourth-order valence-corrected chi connectivity index (χ4v) is 4.71. The van der Waals surface area contributed by atoms with Crippen LogP contribution in [0.5, 0.6) is 0 Å². The summed E-state index contributed by atoms with van der Waals surface area (Å²) in [4.78, 5) is 12.0. The minimum absolute atomic E-state index is 0.0367. The summed E-state index contributed by atoms with van der Waals surface area (Å²) < 4.78 is 2.78. The Balaban J connectivity index is 1.86. The number of hydrogen-bond acceptors (Lipinski definition) is 6. The van der Waals surface area contributed by atoms with Crippen molar-refractivity contribution in [2.24, 2.45) is 0 Å². The van der Waals surface area contributed by atoms with E-state index in [4.69, 9.17) is 0 Å². The van der Waals surface area contributed by atoms with Gasteiger partial charge in [0.2, 0.25) is 5.91 Å². The molecule has 1 heterocycles. The molecule has 0 aliphatic carbocycles. The third-order valence-corrected chi connectivity index (χ3v) is 6.01. The molecule has 1 amide bonds. The summed E-state index contributed by atoms with van der Waals surface area (Å²) in [6.07, 6.45) is 0. The summed E-state index contributed by atoms with van der Waals surface area (Å²) in [5, 5.41) is 11.0. The summed E-state index contributed by atoms with van der Waals surface area (Å²) in [7, 11) is 0. The highest BCUT2D eigenvalue weighted by atomic mass is 79.9. The first kappa shape index (κ1) is 16.8. The lowest BCUT2D eigenvalue weighted by Gasteiger charge is -2.07. The van der Waals surface area contributed by atoms with Gasteiger partial charge in [-0.05, 0) is 36.4 Å². The largest absolute Gasteiger partial charge is 0.325 e. The quantitative estimate of drug-likeness (QED) is 0.721. The van der Waals surface area contributed by atoms with Crippen molar-refractivity contribution in [3.8, 4) is 0 Å². The number of thioether (sulfide) groups is 2. The van der Waals surface area contributed by atoms with Crippen LogP contribution in [0.4, 0.5) is 5.69 Å². The van der Waals surface area contributed by atoms with E-state index in [-0.39, 0.29) is 5.91 Å². The van der Waals surface area contributed by atoms with Crippen molar-refractivity contribution in [2.75, 3.05) is 16.8 Å². The summed E-state index contributed by atoms with van der Waals surface area (Å²) in [6.45, 7) is 4.04. The molecule has 0 spiro atoms. The average molecular weight is 404 g/mol. The Morgan fingerprint density at radius 3 is 2.71 bits per heavy atom. The molecule has 4 nitrogen and oxygen atoms in total. The second-order valence-corrected chi connectivity index (χ2v) is 8.69. The van der Waals surface area contributed by atoms with Crippen molar-refractivity contribution in [1.29, 1.82) is 0 Å². The molecular formula is C13H14BrN3OS3. The maximum absolute atomic E-state index is 12.0. The monoisotopic (exact) mass is 403 g/mol. The molecular weight excluding hydrogens is 390 g/mol. The molecule has 2 rings (SSSR count). The third-order valence-electron chi connectivity index (χ3n) is 2.45. The second-order valence-electron chi connectivity index (χ2n) is 4.06. The van der Waals surface area contributed by atoms with Gasteiger partial charge in [-0.2, -0.15) is 0 Å². The minimum atomic E-state index is -0.0367. The molecule has 1 aromatic carbocycles. The van der Waals surface area contributed by atoms with Gasteiger partial charge < -0.3 is 5.32 Å². The molecule has 8 heteroatoms. The number of carbonyl (C=O) groups is 1. The second kappa shape index (κ2) is 8.17. The van der Waals surface area contributed by atoms with Crippen LogP contribution in [0.3, 0.4) is 0 Å². The van der Waals surface area contributed by atoms with Crippen molar-refractivity contribution in [2.45, 2.75) is 22.5 Å². The number of carbonyl (C=O) groups excluding carboxylic acids is 1. The number of anilines is 1. The Bertz CT molecular complexity index is 633. The highest BCUT2D eigenvalue weighted by Gasteiger charge is 2.09. The highest BCUT2D eigenvalue weighted by molar-refractivity contribution is 9.10. The number of nitrogens with zero attached hydrogens (tertiary/aromatic N) is 2. The summed E-state index contributed by atoms with van der Waals surface area (Å²) >= 11 is 8.01. The van der Waals surface area contributed by atoms with Gasteiger partial charge in [0.15, 0.2) is 8.68 Å². The lowest BCUT2D eigenvalue weighted by atomic mass is 10.2. The van der Waals surface area contributed by atoms with Gasteiger partial charge in [0.1, 0.15) is 0 Å². The number of benzene rings is 1. The lowest BCUT2D eigenvalue weighted by Crippen LogP contribution is -2.14.